The molecule has 2 aromatic rings. The van der Waals surface area contributed by atoms with Crippen molar-refractivity contribution in [3.8, 4) is 0 Å². The first-order chi connectivity index (χ1) is 8.81. The zero-order chi connectivity index (χ0) is 12.8. The van der Waals surface area contributed by atoms with Gasteiger partial charge in [0, 0.05) is 6.20 Å². The lowest BCUT2D eigenvalue weighted by molar-refractivity contribution is -0.107. The van der Waals surface area contributed by atoms with Crippen LogP contribution >= 0.6 is 0 Å². The first kappa shape index (κ1) is 11.8. The Bertz CT molecular complexity index is 528. The second-order valence-corrected chi connectivity index (χ2v) is 3.47. The van der Waals surface area contributed by atoms with Gasteiger partial charge < -0.3 is 0 Å². The molecule has 0 saturated heterocycles. The van der Waals surface area contributed by atoms with E-state index >= 15 is 0 Å². The normalized spacial score (nSPS) is 9.56. The molecule has 0 fully saturated rings. The first-order valence-electron chi connectivity index (χ1n) is 5.33. The molecule has 18 heavy (non-hydrogen) atoms. The quantitative estimate of drug-likeness (QED) is 0.650. The monoisotopic (exact) mass is 241 g/mol. The molecule has 90 valence electrons. The van der Waals surface area contributed by atoms with Crippen molar-refractivity contribution < 1.29 is 9.59 Å². The van der Waals surface area contributed by atoms with E-state index in [2.05, 4.69) is 10.4 Å². The van der Waals surface area contributed by atoms with E-state index in [1.54, 1.807) is 42.5 Å². The summed E-state index contributed by atoms with van der Waals surface area (Å²) in [6, 6.07) is 13.8. The molecule has 1 N–H and O–H groups in total. The second kappa shape index (κ2) is 5.58. The van der Waals surface area contributed by atoms with Gasteiger partial charge in [0.2, 0.25) is 6.41 Å². The van der Waals surface area contributed by atoms with Crippen LogP contribution in [-0.2, 0) is 4.79 Å². The number of nitrogens with zero attached hydrogens (tertiary/aromatic N) is 2. The molecule has 0 radical (unpaired) electrons. The van der Waals surface area contributed by atoms with Crippen LogP contribution in [0.2, 0.25) is 0 Å². The van der Waals surface area contributed by atoms with Gasteiger partial charge in [0.25, 0.3) is 5.91 Å². The number of amides is 2. The average molecular weight is 241 g/mol. The van der Waals surface area contributed by atoms with Gasteiger partial charge in [-0.05, 0) is 24.3 Å². The van der Waals surface area contributed by atoms with Crippen molar-refractivity contribution in [3.05, 3.63) is 60.4 Å². The number of hydrogen-bond donors (Lipinski definition) is 1. The number of carbonyl (C=O) groups excluding carboxylic acids is 2. The van der Waals surface area contributed by atoms with Crippen molar-refractivity contribution in [2.75, 3.05) is 5.01 Å². The van der Waals surface area contributed by atoms with Crippen LogP contribution in [0.15, 0.2) is 54.7 Å². The van der Waals surface area contributed by atoms with E-state index in [1.165, 1.54) is 6.20 Å². The van der Waals surface area contributed by atoms with Gasteiger partial charge >= 0.3 is 0 Å². The molecule has 0 atom stereocenters. The van der Waals surface area contributed by atoms with E-state index < -0.39 is 5.91 Å². The molecular weight excluding hydrogens is 230 g/mol. The highest BCUT2D eigenvalue weighted by Crippen LogP contribution is 2.09. The van der Waals surface area contributed by atoms with Gasteiger partial charge in [-0.1, -0.05) is 24.3 Å². The Labute approximate surface area is 104 Å². The number of para-hydroxylation sites is 1. The topological polar surface area (TPSA) is 62.3 Å². The van der Waals surface area contributed by atoms with E-state index in [4.69, 9.17) is 0 Å². The Morgan fingerprint density at radius 1 is 1.11 bits per heavy atom. The van der Waals surface area contributed by atoms with Crippen molar-refractivity contribution in [2.45, 2.75) is 0 Å². The molecule has 0 saturated carbocycles. The molecule has 1 aromatic carbocycles. The molecule has 2 amide bonds. The van der Waals surface area contributed by atoms with Gasteiger partial charge in [0.15, 0.2) is 0 Å². The molecular formula is C13H11N3O2. The van der Waals surface area contributed by atoms with Crippen molar-refractivity contribution in [1.29, 1.82) is 0 Å². The van der Waals surface area contributed by atoms with E-state index in [1.807, 2.05) is 6.07 Å². The van der Waals surface area contributed by atoms with Crippen LogP contribution in [0.5, 0.6) is 0 Å². The fourth-order valence-corrected chi connectivity index (χ4v) is 1.40. The Morgan fingerprint density at radius 2 is 1.83 bits per heavy atom. The number of rotatable bonds is 4. The third-order valence-electron chi connectivity index (χ3n) is 2.26. The third-order valence-corrected chi connectivity index (χ3v) is 2.26. The number of carbonyl (C=O) groups is 2. The van der Waals surface area contributed by atoms with Crippen LogP contribution in [0.25, 0.3) is 0 Å². The summed E-state index contributed by atoms with van der Waals surface area (Å²) in [5.74, 6) is -0.438. The van der Waals surface area contributed by atoms with Crippen LogP contribution < -0.4 is 10.4 Å². The van der Waals surface area contributed by atoms with Crippen LogP contribution in [0.4, 0.5) is 5.69 Å². The number of aromatic nitrogens is 1. The molecule has 0 aliphatic heterocycles. The molecule has 0 bridgehead atoms. The molecule has 1 aromatic heterocycles. The number of benzene rings is 1. The predicted octanol–water partition coefficient (Wildman–Crippen LogP) is 1.39. The van der Waals surface area contributed by atoms with Crippen LogP contribution in [0, 0.1) is 0 Å². The van der Waals surface area contributed by atoms with Crippen LogP contribution in [-0.4, -0.2) is 17.3 Å². The Morgan fingerprint density at radius 3 is 2.44 bits per heavy atom. The summed E-state index contributed by atoms with van der Waals surface area (Å²) in [5, 5.41) is 1.11. The lowest BCUT2D eigenvalue weighted by atomic mass is 10.3. The van der Waals surface area contributed by atoms with Crippen molar-refractivity contribution in [2.24, 2.45) is 0 Å². The summed E-state index contributed by atoms with van der Waals surface area (Å²) in [5.41, 5.74) is 3.29. The van der Waals surface area contributed by atoms with Gasteiger partial charge in [0.05, 0.1) is 5.69 Å². The summed E-state index contributed by atoms with van der Waals surface area (Å²) >= 11 is 0. The van der Waals surface area contributed by atoms with Gasteiger partial charge in [0.1, 0.15) is 5.69 Å². The van der Waals surface area contributed by atoms with Gasteiger partial charge in [-0.25, -0.2) is 5.01 Å². The highest BCUT2D eigenvalue weighted by molar-refractivity contribution is 5.95. The number of hydrogen-bond acceptors (Lipinski definition) is 3. The van der Waals surface area contributed by atoms with E-state index in [9.17, 15) is 9.59 Å². The Kier molecular flexibility index (Phi) is 3.66. The number of pyridine rings is 1. The second-order valence-electron chi connectivity index (χ2n) is 3.47. The number of nitrogens with one attached hydrogen (secondary N) is 1. The minimum Gasteiger partial charge on any atom is -0.276 e. The first-order valence-corrected chi connectivity index (χ1v) is 5.33. The predicted molar refractivity (Wildman–Crippen MR) is 66.7 cm³/mol. The number of hydrazine groups is 1. The van der Waals surface area contributed by atoms with Crippen LogP contribution in [0.3, 0.4) is 0 Å². The van der Waals surface area contributed by atoms with Gasteiger partial charge in [-0.3, -0.25) is 20.0 Å². The molecule has 2 rings (SSSR count). The summed E-state index contributed by atoms with van der Waals surface area (Å²) in [6.45, 7) is 0. The van der Waals surface area contributed by atoms with Crippen LogP contribution in [0.1, 0.15) is 10.5 Å². The highest BCUT2D eigenvalue weighted by atomic mass is 16.2. The van der Waals surface area contributed by atoms with Crippen molar-refractivity contribution in [1.82, 2.24) is 10.4 Å². The smallest absolute Gasteiger partial charge is 0.276 e. The SMILES string of the molecule is O=CN(NC(=O)c1ccccn1)c1ccccc1. The maximum absolute atomic E-state index is 11.8. The van der Waals surface area contributed by atoms with Crippen molar-refractivity contribution >= 4 is 18.0 Å². The summed E-state index contributed by atoms with van der Waals surface area (Å²) in [4.78, 5) is 26.7. The zero-order valence-corrected chi connectivity index (χ0v) is 9.48. The Balaban J connectivity index is 2.13. The third kappa shape index (κ3) is 2.70. The molecule has 5 nitrogen and oxygen atoms in total. The maximum Gasteiger partial charge on any atom is 0.288 e. The van der Waals surface area contributed by atoms with Gasteiger partial charge in [-0.2, -0.15) is 0 Å². The summed E-state index contributed by atoms with van der Waals surface area (Å²) in [6.07, 6.45) is 2.05. The molecule has 0 aliphatic rings. The van der Waals surface area contributed by atoms with E-state index in [0.29, 0.717) is 12.1 Å². The standard InChI is InChI=1S/C13H11N3O2/c17-10-16(11-6-2-1-3-7-11)15-13(18)12-8-4-5-9-14-12/h1-10H,(H,15,18). The summed E-state index contributed by atoms with van der Waals surface area (Å²) < 4.78 is 0. The zero-order valence-electron chi connectivity index (χ0n) is 9.48. The fourth-order valence-electron chi connectivity index (χ4n) is 1.40. The number of anilines is 1. The van der Waals surface area contributed by atoms with Crippen molar-refractivity contribution in [3.63, 3.8) is 0 Å². The minimum absolute atomic E-state index is 0.250. The fraction of sp³-hybridized carbons (Fsp3) is 0. The molecule has 0 unspecified atom stereocenters. The van der Waals surface area contributed by atoms with E-state index in [-0.39, 0.29) is 5.69 Å². The van der Waals surface area contributed by atoms with E-state index in [0.717, 1.165) is 5.01 Å². The maximum atomic E-state index is 11.8. The lowest BCUT2D eigenvalue weighted by Crippen LogP contribution is -2.41. The molecule has 5 heteroatoms. The summed E-state index contributed by atoms with van der Waals surface area (Å²) in [7, 11) is 0. The molecule has 0 aliphatic carbocycles. The Hall–Kier alpha value is -2.69. The van der Waals surface area contributed by atoms with Gasteiger partial charge in [-0.15, -0.1) is 0 Å². The highest BCUT2D eigenvalue weighted by Gasteiger charge is 2.11. The lowest BCUT2D eigenvalue weighted by Gasteiger charge is -2.17. The molecule has 0 spiro atoms. The minimum atomic E-state index is -0.438. The largest absolute Gasteiger partial charge is 0.288 e. The molecule has 1 heterocycles. The average Bonchev–Trinajstić information content (AvgIpc) is 2.46.